The number of phosphoric ester groups is 2. The third-order valence-corrected chi connectivity index (χ3v) is 20.3. The Morgan fingerprint density at radius 2 is 0.412 bits per heavy atom. The topological polar surface area (TPSA) is 237 Å². The summed E-state index contributed by atoms with van der Waals surface area (Å²) in [5, 5.41) is 10.6. The Balaban J connectivity index is 5.22. The Labute approximate surface area is 594 Å². The number of rotatable bonds is 79. The van der Waals surface area contributed by atoms with Crippen molar-refractivity contribution in [2.24, 2.45) is 0 Å². The van der Waals surface area contributed by atoms with Gasteiger partial charge in [0.1, 0.15) is 19.3 Å². The average molecular weight is 1420 g/mol. The number of hydrogen-bond acceptors (Lipinski definition) is 15. The van der Waals surface area contributed by atoms with Crippen LogP contribution >= 0.6 is 15.6 Å². The fraction of sp³-hybridized carbons (Fsp3) is 0.949. The lowest BCUT2D eigenvalue weighted by atomic mass is 10.0. The second-order valence-electron chi connectivity index (χ2n) is 28.1. The molecule has 0 spiro atoms. The van der Waals surface area contributed by atoms with Crippen molar-refractivity contribution in [3.05, 3.63) is 0 Å². The first kappa shape index (κ1) is 95.1. The van der Waals surface area contributed by atoms with E-state index in [1.165, 1.54) is 250 Å². The molecule has 97 heavy (non-hydrogen) atoms. The summed E-state index contributed by atoms with van der Waals surface area (Å²) >= 11 is 0. The molecule has 0 aromatic rings. The van der Waals surface area contributed by atoms with Crippen molar-refractivity contribution in [1.82, 2.24) is 0 Å². The van der Waals surface area contributed by atoms with E-state index in [-0.39, 0.29) is 25.7 Å². The van der Waals surface area contributed by atoms with Gasteiger partial charge < -0.3 is 33.8 Å². The summed E-state index contributed by atoms with van der Waals surface area (Å²) in [6.07, 6.45) is 63.7. The van der Waals surface area contributed by atoms with Crippen molar-refractivity contribution in [2.45, 2.75) is 438 Å². The third kappa shape index (κ3) is 72.2. The highest BCUT2D eigenvalue weighted by Gasteiger charge is 2.30. The molecule has 0 aromatic carbocycles. The number of aliphatic hydroxyl groups is 1. The molecule has 0 radical (unpaired) electrons. The molecule has 0 saturated heterocycles. The summed E-state index contributed by atoms with van der Waals surface area (Å²) < 4.78 is 68.6. The van der Waals surface area contributed by atoms with Crippen LogP contribution < -0.4 is 0 Å². The SMILES string of the molecule is CCCCCCCCCCCCCCCCCCC(=O)OC[C@H](COP(=O)(O)OC[C@@H](O)COP(=O)(O)OC[C@@H](COC(=O)CCCCCCCCCCC)OC(=O)CCCCCCCCCCCCCCCCCC)OC(=O)CCCCCCCCCCCCCCCCCC. The molecule has 19 heteroatoms. The number of unbranched alkanes of at least 4 members (excludes halogenated alkanes) is 53. The molecule has 0 saturated carbocycles. The Kier molecular flexibility index (Phi) is 71.0. The van der Waals surface area contributed by atoms with Crippen LogP contribution in [0, 0.1) is 0 Å². The molecule has 0 rings (SSSR count). The van der Waals surface area contributed by atoms with Gasteiger partial charge in [0.25, 0.3) is 0 Å². The number of hydrogen-bond donors (Lipinski definition) is 3. The van der Waals surface area contributed by atoms with Crippen molar-refractivity contribution < 1.29 is 80.2 Å². The van der Waals surface area contributed by atoms with E-state index in [0.717, 1.165) is 89.9 Å². The normalized spacial score (nSPS) is 13.8. The summed E-state index contributed by atoms with van der Waals surface area (Å²) in [7, 11) is -9.91. The van der Waals surface area contributed by atoms with Gasteiger partial charge in [-0.2, -0.15) is 0 Å². The second-order valence-corrected chi connectivity index (χ2v) is 31.0. The lowest BCUT2D eigenvalue weighted by molar-refractivity contribution is -0.161. The molecule has 0 aromatic heterocycles. The molecule has 2 unspecified atom stereocenters. The Bertz CT molecular complexity index is 1840. The maximum atomic E-state index is 13.1. The fourth-order valence-electron chi connectivity index (χ4n) is 12.1. The van der Waals surface area contributed by atoms with Gasteiger partial charge in [-0.05, 0) is 25.7 Å². The van der Waals surface area contributed by atoms with Crippen LogP contribution in [-0.2, 0) is 65.4 Å². The van der Waals surface area contributed by atoms with Gasteiger partial charge in [0, 0.05) is 25.7 Å². The van der Waals surface area contributed by atoms with Crippen LogP contribution in [0.1, 0.15) is 419 Å². The van der Waals surface area contributed by atoms with Gasteiger partial charge >= 0.3 is 39.5 Å². The zero-order valence-electron chi connectivity index (χ0n) is 63.1. The van der Waals surface area contributed by atoms with Gasteiger partial charge in [-0.3, -0.25) is 37.3 Å². The van der Waals surface area contributed by atoms with Crippen molar-refractivity contribution >= 4 is 39.5 Å². The summed E-state index contributed by atoms with van der Waals surface area (Å²) in [5.41, 5.74) is 0. The molecule has 0 fully saturated rings. The highest BCUT2D eigenvalue weighted by atomic mass is 31.2. The third-order valence-electron chi connectivity index (χ3n) is 18.4. The first-order valence-corrected chi connectivity index (χ1v) is 43.8. The molecule has 0 heterocycles. The molecular weight excluding hydrogens is 1270 g/mol. The number of aliphatic hydroxyl groups excluding tert-OH is 1. The van der Waals surface area contributed by atoms with Gasteiger partial charge in [-0.1, -0.05) is 368 Å². The predicted molar refractivity (Wildman–Crippen MR) is 395 cm³/mol. The number of phosphoric acid groups is 2. The minimum absolute atomic E-state index is 0.109. The van der Waals surface area contributed by atoms with E-state index in [2.05, 4.69) is 27.7 Å². The van der Waals surface area contributed by atoms with Crippen LogP contribution in [0.2, 0.25) is 0 Å². The van der Waals surface area contributed by atoms with Gasteiger partial charge in [0.05, 0.1) is 26.4 Å². The molecule has 5 atom stereocenters. The maximum absolute atomic E-state index is 13.1. The number of carbonyl (C=O) groups is 4. The molecule has 0 aliphatic carbocycles. The average Bonchev–Trinajstić information content (AvgIpc) is 1.37. The zero-order chi connectivity index (χ0) is 71.1. The molecule has 17 nitrogen and oxygen atoms in total. The Morgan fingerprint density at radius 1 is 0.247 bits per heavy atom. The zero-order valence-corrected chi connectivity index (χ0v) is 64.8. The molecule has 0 amide bonds. The van der Waals surface area contributed by atoms with Gasteiger partial charge in [-0.25, -0.2) is 9.13 Å². The smallest absolute Gasteiger partial charge is 0.462 e. The largest absolute Gasteiger partial charge is 0.472 e. The fourth-order valence-corrected chi connectivity index (χ4v) is 13.7. The van der Waals surface area contributed by atoms with Crippen molar-refractivity contribution in [3.63, 3.8) is 0 Å². The molecule has 0 bridgehead atoms. The quantitative estimate of drug-likeness (QED) is 0.0222. The van der Waals surface area contributed by atoms with Crippen molar-refractivity contribution in [1.29, 1.82) is 0 Å². The molecule has 0 aliphatic heterocycles. The van der Waals surface area contributed by atoms with E-state index in [0.29, 0.717) is 25.7 Å². The first-order chi connectivity index (χ1) is 47.2. The summed E-state index contributed by atoms with van der Waals surface area (Å²) in [4.78, 5) is 72.9. The van der Waals surface area contributed by atoms with Crippen LogP contribution in [0.4, 0.5) is 0 Å². The highest BCUT2D eigenvalue weighted by molar-refractivity contribution is 7.47. The first-order valence-electron chi connectivity index (χ1n) is 40.8. The monoisotopic (exact) mass is 1420 g/mol. The molecule has 576 valence electrons. The van der Waals surface area contributed by atoms with Crippen LogP contribution in [0.5, 0.6) is 0 Å². The Hall–Kier alpha value is -1.94. The summed E-state index contributed by atoms with van der Waals surface area (Å²) in [6.45, 7) is 5.00. The highest BCUT2D eigenvalue weighted by Crippen LogP contribution is 2.45. The Morgan fingerprint density at radius 3 is 0.608 bits per heavy atom. The summed E-state index contributed by atoms with van der Waals surface area (Å²) in [5.74, 6) is -2.11. The summed E-state index contributed by atoms with van der Waals surface area (Å²) in [6, 6.07) is 0. The minimum atomic E-state index is -4.96. The number of esters is 4. The lowest BCUT2D eigenvalue weighted by Gasteiger charge is -2.21. The maximum Gasteiger partial charge on any atom is 0.472 e. The van der Waals surface area contributed by atoms with Crippen LogP contribution in [0.15, 0.2) is 0 Å². The van der Waals surface area contributed by atoms with Crippen LogP contribution in [-0.4, -0.2) is 96.7 Å². The van der Waals surface area contributed by atoms with Crippen LogP contribution in [0.25, 0.3) is 0 Å². The van der Waals surface area contributed by atoms with E-state index in [1.807, 2.05) is 0 Å². The standard InChI is InChI=1S/C78H152O17P2/c1-5-9-13-17-21-25-28-31-34-37-40-43-47-51-55-59-63-76(81)89-69-74(95-78(83)65-61-57-53-49-45-42-39-36-33-30-27-23-19-15-11-7-3)71-93-97(86,87)91-67-72(79)66-90-96(84,85)92-70-73(68-88-75(80)62-58-54-50-46-24-20-16-12-8-4)94-77(82)64-60-56-52-48-44-41-38-35-32-29-26-22-18-14-10-6-2/h72-74,79H,5-71H2,1-4H3,(H,84,85)(H,86,87)/t72-,73+,74+/m0/s1. The van der Waals surface area contributed by atoms with E-state index < -0.39 is 97.5 Å². The minimum Gasteiger partial charge on any atom is -0.462 e. The van der Waals surface area contributed by atoms with Crippen molar-refractivity contribution in [3.8, 4) is 0 Å². The molecule has 0 aliphatic rings. The van der Waals surface area contributed by atoms with E-state index >= 15 is 0 Å². The van der Waals surface area contributed by atoms with Gasteiger partial charge in [-0.15, -0.1) is 0 Å². The number of carbonyl (C=O) groups excluding carboxylic acids is 4. The van der Waals surface area contributed by atoms with Gasteiger partial charge in [0.15, 0.2) is 12.2 Å². The predicted octanol–water partition coefficient (Wildman–Crippen LogP) is 23.4. The number of ether oxygens (including phenoxy) is 4. The van der Waals surface area contributed by atoms with Gasteiger partial charge in [0.2, 0.25) is 0 Å². The lowest BCUT2D eigenvalue weighted by Crippen LogP contribution is -2.30. The molecule has 3 N–H and O–H groups in total. The van der Waals surface area contributed by atoms with Crippen molar-refractivity contribution in [2.75, 3.05) is 39.6 Å². The molecular formula is C78H152O17P2. The van der Waals surface area contributed by atoms with E-state index in [4.69, 9.17) is 37.0 Å². The van der Waals surface area contributed by atoms with E-state index in [9.17, 15) is 43.2 Å². The van der Waals surface area contributed by atoms with E-state index in [1.54, 1.807) is 0 Å². The van der Waals surface area contributed by atoms with Crippen LogP contribution in [0.3, 0.4) is 0 Å². The second kappa shape index (κ2) is 72.4.